The topological polar surface area (TPSA) is 29.9 Å². The number of hydrogen-bond donors (Lipinski definition) is 1. The monoisotopic (exact) mass is 273 g/mol. The summed E-state index contributed by atoms with van der Waals surface area (Å²) in [5.41, 5.74) is 3.05. The molecular weight excluding hydrogens is 262 g/mol. The van der Waals surface area contributed by atoms with E-state index in [-0.39, 0.29) is 0 Å². The van der Waals surface area contributed by atoms with Crippen LogP contribution in [0.3, 0.4) is 0 Å². The van der Waals surface area contributed by atoms with E-state index < -0.39 is 0 Å². The van der Waals surface area contributed by atoms with Crippen LogP contribution in [0.15, 0.2) is 42.0 Å². The summed E-state index contributed by atoms with van der Waals surface area (Å²) >= 11 is 6.99. The Balaban J connectivity index is 1.89. The molecule has 0 aliphatic carbocycles. The number of aromatic nitrogens is 2. The van der Waals surface area contributed by atoms with E-state index in [0.717, 1.165) is 26.6 Å². The first-order chi connectivity index (χ1) is 8.74. The fourth-order valence-corrected chi connectivity index (χ4v) is 2.76. The summed E-state index contributed by atoms with van der Waals surface area (Å²) in [6, 6.07) is 10.1. The zero-order chi connectivity index (χ0) is 12.5. The molecule has 0 saturated carbocycles. The van der Waals surface area contributed by atoms with Crippen molar-refractivity contribution < 1.29 is 0 Å². The minimum Gasteiger partial charge on any atom is -0.345 e. The smallest absolute Gasteiger partial charge is 0.121 e. The quantitative estimate of drug-likeness (QED) is 0.726. The summed E-state index contributed by atoms with van der Waals surface area (Å²) < 4.78 is 2.00. The molecule has 1 aromatic carbocycles. The highest BCUT2D eigenvalue weighted by atomic mass is 32.1. The standard InChI is InChI=1S/C13H11N3S2/c1-16-8-14-10-7-9(4-5-11(10)16)15-13(17)12-3-2-6-18-12/h2-8H,1H3,(H,15,17). The number of nitrogens with zero attached hydrogens (tertiary/aromatic N) is 2. The highest BCUT2D eigenvalue weighted by Gasteiger charge is 2.05. The minimum absolute atomic E-state index is 0.750. The van der Waals surface area contributed by atoms with Gasteiger partial charge in [-0.2, -0.15) is 0 Å². The first kappa shape index (κ1) is 11.4. The van der Waals surface area contributed by atoms with Crippen molar-refractivity contribution in [2.45, 2.75) is 0 Å². The number of aryl methyl sites for hydroxylation is 1. The van der Waals surface area contributed by atoms with Gasteiger partial charge in [-0.25, -0.2) is 4.98 Å². The number of fused-ring (bicyclic) bond motifs is 1. The second kappa shape index (κ2) is 4.51. The Morgan fingerprint density at radius 1 is 1.39 bits per heavy atom. The third kappa shape index (κ3) is 2.02. The van der Waals surface area contributed by atoms with Gasteiger partial charge in [0.15, 0.2) is 0 Å². The third-order valence-electron chi connectivity index (χ3n) is 2.73. The van der Waals surface area contributed by atoms with E-state index in [1.54, 1.807) is 11.3 Å². The maximum absolute atomic E-state index is 5.36. The first-order valence-electron chi connectivity index (χ1n) is 5.50. The molecule has 3 rings (SSSR count). The predicted molar refractivity (Wildman–Crippen MR) is 80.4 cm³/mol. The molecule has 0 bridgehead atoms. The van der Waals surface area contributed by atoms with Crippen LogP contribution >= 0.6 is 23.6 Å². The van der Waals surface area contributed by atoms with Gasteiger partial charge in [0.2, 0.25) is 0 Å². The van der Waals surface area contributed by atoms with E-state index in [2.05, 4.69) is 10.3 Å². The normalized spacial score (nSPS) is 10.7. The van der Waals surface area contributed by atoms with Gasteiger partial charge >= 0.3 is 0 Å². The number of imidazole rings is 1. The number of rotatable bonds is 2. The van der Waals surface area contributed by atoms with Gasteiger partial charge in [-0.1, -0.05) is 18.3 Å². The summed E-state index contributed by atoms with van der Waals surface area (Å²) in [6.45, 7) is 0. The van der Waals surface area contributed by atoms with Crippen LogP contribution < -0.4 is 5.32 Å². The van der Waals surface area contributed by atoms with E-state index in [1.165, 1.54) is 0 Å². The van der Waals surface area contributed by atoms with E-state index in [4.69, 9.17) is 12.2 Å². The summed E-state index contributed by atoms with van der Waals surface area (Å²) in [7, 11) is 1.98. The number of thiophene rings is 1. The summed E-state index contributed by atoms with van der Waals surface area (Å²) in [5.74, 6) is 0. The lowest BCUT2D eigenvalue weighted by Crippen LogP contribution is -2.08. The summed E-state index contributed by atoms with van der Waals surface area (Å²) in [4.78, 5) is 6.16. The highest BCUT2D eigenvalue weighted by Crippen LogP contribution is 2.19. The average Bonchev–Trinajstić information content (AvgIpc) is 2.99. The maximum atomic E-state index is 5.36. The SMILES string of the molecule is Cn1cnc2cc(NC(=S)c3cccs3)ccc21. The van der Waals surface area contributed by atoms with Crippen molar-refractivity contribution in [2.75, 3.05) is 5.32 Å². The lowest BCUT2D eigenvalue weighted by Gasteiger charge is -2.06. The zero-order valence-electron chi connectivity index (χ0n) is 9.75. The van der Waals surface area contributed by atoms with Crippen LogP contribution in [0.25, 0.3) is 11.0 Å². The Kier molecular flexibility index (Phi) is 2.85. The Bertz CT molecular complexity index is 698. The van der Waals surface area contributed by atoms with Crippen molar-refractivity contribution in [1.29, 1.82) is 0 Å². The van der Waals surface area contributed by atoms with Gasteiger partial charge in [0.05, 0.1) is 22.2 Å². The van der Waals surface area contributed by atoms with Gasteiger partial charge in [-0.05, 0) is 29.6 Å². The van der Waals surface area contributed by atoms with E-state index in [9.17, 15) is 0 Å². The van der Waals surface area contributed by atoms with E-state index >= 15 is 0 Å². The van der Waals surface area contributed by atoms with Gasteiger partial charge in [-0.15, -0.1) is 11.3 Å². The van der Waals surface area contributed by atoms with Crippen LogP contribution in [0.2, 0.25) is 0 Å². The molecule has 0 spiro atoms. The molecular formula is C13H11N3S2. The van der Waals surface area contributed by atoms with Crippen molar-refractivity contribution in [1.82, 2.24) is 9.55 Å². The van der Waals surface area contributed by atoms with Gasteiger partial charge < -0.3 is 9.88 Å². The van der Waals surface area contributed by atoms with Crippen LogP contribution in [0.5, 0.6) is 0 Å². The molecule has 0 amide bonds. The van der Waals surface area contributed by atoms with Crippen molar-refractivity contribution in [3.8, 4) is 0 Å². The molecule has 0 radical (unpaired) electrons. The predicted octanol–water partition coefficient (Wildman–Crippen LogP) is 3.42. The molecule has 3 aromatic rings. The average molecular weight is 273 g/mol. The first-order valence-corrected chi connectivity index (χ1v) is 6.79. The Morgan fingerprint density at radius 3 is 3.06 bits per heavy atom. The molecule has 3 nitrogen and oxygen atoms in total. The minimum atomic E-state index is 0.750. The Hall–Kier alpha value is -1.72. The lowest BCUT2D eigenvalue weighted by atomic mass is 10.2. The molecule has 90 valence electrons. The van der Waals surface area contributed by atoms with Crippen LogP contribution in [0, 0.1) is 0 Å². The second-order valence-electron chi connectivity index (χ2n) is 3.99. The van der Waals surface area contributed by atoms with Gasteiger partial charge in [-0.3, -0.25) is 0 Å². The van der Waals surface area contributed by atoms with Crippen molar-refractivity contribution >= 4 is 45.3 Å². The zero-order valence-corrected chi connectivity index (χ0v) is 11.4. The van der Waals surface area contributed by atoms with Gasteiger partial charge in [0.1, 0.15) is 4.99 Å². The molecule has 0 unspecified atom stereocenters. The Labute approximate surface area is 114 Å². The number of anilines is 1. The fourth-order valence-electron chi connectivity index (χ4n) is 1.81. The number of benzene rings is 1. The van der Waals surface area contributed by atoms with Crippen molar-refractivity contribution in [3.05, 3.63) is 46.9 Å². The molecule has 0 fully saturated rings. The molecule has 5 heteroatoms. The van der Waals surface area contributed by atoms with Gasteiger partial charge in [0, 0.05) is 12.7 Å². The molecule has 2 aromatic heterocycles. The fraction of sp³-hybridized carbons (Fsp3) is 0.0769. The van der Waals surface area contributed by atoms with Crippen LogP contribution in [0.1, 0.15) is 4.88 Å². The second-order valence-corrected chi connectivity index (χ2v) is 5.35. The number of thiocarbonyl (C=S) groups is 1. The summed E-state index contributed by atoms with van der Waals surface area (Å²) in [6.07, 6.45) is 1.81. The molecule has 18 heavy (non-hydrogen) atoms. The third-order valence-corrected chi connectivity index (χ3v) is 4.07. The van der Waals surface area contributed by atoms with Crippen LogP contribution in [0.4, 0.5) is 5.69 Å². The van der Waals surface area contributed by atoms with Crippen LogP contribution in [-0.4, -0.2) is 14.5 Å². The molecule has 0 saturated heterocycles. The maximum Gasteiger partial charge on any atom is 0.121 e. The lowest BCUT2D eigenvalue weighted by molar-refractivity contribution is 0.948. The van der Waals surface area contributed by atoms with Crippen molar-refractivity contribution in [2.24, 2.45) is 7.05 Å². The summed E-state index contributed by atoms with van der Waals surface area (Å²) in [5, 5.41) is 5.26. The molecule has 0 atom stereocenters. The molecule has 1 N–H and O–H groups in total. The van der Waals surface area contributed by atoms with E-state index in [1.807, 2.05) is 53.7 Å². The van der Waals surface area contributed by atoms with Crippen molar-refractivity contribution in [3.63, 3.8) is 0 Å². The van der Waals surface area contributed by atoms with E-state index in [0.29, 0.717) is 0 Å². The largest absolute Gasteiger partial charge is 0.345 e. The molecule has 0 aliphatic rings. The number of nitrogens with one attached hydrogen (secondary N) is 1. The Morgan fingerprint density at radius 2 is 2.28 bits per heavy atom. The number of hydrogen-bond acceptors (Lipinski definition) is 3. The van der Waals surface area contributed by atoms with Gasteiger partial charge in [0.25, 0.3) is 0 Å². The molecule has 0 aliphatic heterocycles. The highest BCUT2D eigenvalue weighted by molar-refractivity contribution is 7.81. The molecule has 2 heterocycles. The van der Waals surface area contributed by atoms with Crippen LogP contribution in [-0.2, 0) is 7.05 Å².